The van der Waals surface area contributed by atoms with Gasteiger partial charge >= 0.3 is 0 Å². The van der Waals surface area contributed by atoms with Crippen molar-refractivity contribution >= 4 is 34.5 Å². The van der Waals surface area contributed by atoms with Crippen molar-refractivity contribution in [2.75, 3.05) is 36.5 Å². The summed E-state index contributed by atoms with van der Waals surface area (Å²) in [6.45, 7) is 2.06. The highest BCUT2D eigenvalue weighted by Gasteiger charge is 2.36. The molecule has 1 amide bonds. The van der Waals surface area contributed by atoms with E-state index in [0.717, 1.165) is 17.5 Å². The van der Waals surface area contributed by atoms with E-state index in [0.29, 0.717) is 61.5 Å². The quantitative estimate of drug-likeness (QED) is 0.330. The highest BCUT2D eigenvalue weighted by atomic mass is 16.5. The number of aromatic nitrogens is 5. The van der Waals surface area contributed by atoms with Crippen LogP contribution in [-0.2, 0) is 18.2 Å². The summed E-state index contributed by atoms with van der Waals surface area (Å²) in [5.41, 5.74) is 8.90. The molecule has 0 atom stereocenters. The highest BCUT2D eigenvalue weighted by molar-refractivity contribution is 5.96. The summed E-state index contributed by atoms with van der Waals surface area (Å²) in [5.74, 6) is -0.292. The average Bonchev–Trinajstić information content (AvgIpc) is 3.41. The second kappa shape index (κ2) is 8.57. The van der Waals surface area contributed by atoms with Crippen LogP contribution in [0.3, 0.4) is 0 Å². The Bertz CT molecular complexity index is 1440. The number of fused-ring (bicyclic) bond motifs is 1. The zero-order valence-electron chi connectivity index (χ0n) is 19.7. The summed E-state index contributed by atoms with van der Waals surface area (Å²) in [5, 5.41) is 17.4. The normalized spacial score (nSPS) is 17.1. The van der Waals surface area contributed by atoms with E-state index in [4.69, 9.17) is 14.9 Å². The van der Waals surface area contributed by atoms with E-state index in [1.165, 1.54) is 0 Å². The van der Waals surface area contributed by atoms with Gasteiger partial charge in [-0.25, -0.2) is 9.97 Å². The smallest absolute Gasteiger partial charge is 0.298 e. The molecular formula is C24H26N8O4. The number of amides is 1. The molecule has 6 rings (SSSR count). The van der Waals surface area contributed by atoms with Gasteiger partial charge in [-0.1, -0.05) is 6.07 Å². The molecule has 5 heterocycles. The van der Waals surface area contributed by atoms with Gasteiger partial charge < -0.3 is 30.2 Å². The van der Waals surface area contributed by atoms with Gasteiger partial charge in [0.2, 0.25) is 0 Å². The number of carbonyl (C=O) groups is 1. The van der Waals surface area contributed by atoms with Gasteiger partial charge in [0.05, 0.1) is 37.0 Å². The van der Waals surface area contributed by atoms with E-state index in [-0.39, 0.29) is 11.6 Å². The number of ether oxygens (including phenoxy) is 1. The molecular weight excluding hydrogens is 464 g/mol. The minimum atomic E-state index is -0.710. The predicted octanol–water partition coefficient (Wildman–Crippen LogP) is 1.49. The Balaban J connectivity index is 1.13. The number of benzene rings is 1. The van der Waals surface area contributed by atoms with Crippen LogP contribution in [0.25, 0.3) is 11.1 Å². The first-order chi connectivity index (χ1) is 17.3. The molecule has 0 unspecified atom stereocenters. The topological polar surface area (TPSA) is 157 Å². The molecule has 3 aromatic heterocycles. The molecule has 0 spiro atoms. The molecule has 12 heteroatoms. The second-order valence-corrected chi connectivity index (χ2v) is 9.50. The lowest BCUT2D eigenvalue weighted by atomic mass is 9.93. The molecule has 2 aliphatic rings. The van der Waals surface area contributed by atoms with E-state index in [1.807, 2.05) is 23.1 Å². The van der Waals surface area contributed by atoms with Gasteiger partial charge in [-0.05, 0) is 30.5 Å². The van der Waals surface area contributed by atoms with Gasteiger partial charge in [-0.2, -0.15) is 10.1 Å². The molecule has 0 aliphatic carbocycles. The lowest BCUT2D eigenvalue weighted by Gasteiger charge is -2.37. The van der Waals surface area contributed by atoms with Crippen LogP contribution in [0.2, 0.25) is 0 Å². The molecule has 2 fully saturated rings. The van der Waals surface area contributed by atoms with Crippen LogP contribution in [0.15, 0.2) is 41.2 Å². The minimum absolute atomic E-state index is 0.0686. The lowest BCUT2D eigenvalue weighted by molar-refractivity contribution is -0.180. The number of primary amides is 1. The predicted molar refractivity (Wildman–Crippen MR) is 130 cm³/mol. The van der Waals surface area contributed by atoms with Crippen LogP contribution in [0.5, 0.6) is 0 Å². The number of nitrogens with zero attached hydrogens (tertiary/aromatic N) is 6. The zero-order valence-corrected chi connectivity index (χ0v) is 19.7. The number of hydrogen-bond acceptors (Lipinski definition) is 10. The summed E-state index contributed by atoms with van der Waals surface area (Å²) in [7, 11) is 1.80. The number of anilines is 3. The van der Waals surface area contributed by atoms with Gasteiger partial charge in [0.1, 0.15) is 11.1 Å². The van der Waals surface area contributed by atoms with Crippen molar-refractivity contribution in [3.8, 4) is 0 Å². The largest absolute Gasteiger partial charge is 0.423 e. The Labute approximate surface area is 206 Å². The van der Waals surface area contributed by atoms with Crippen molar-refractivity contribution in [3.63, 3.8) is 0 Å². The third-order valence-electron chi connectivity index (χ3n) is 6.62. The number of carbonyl (C=O) groups excluding carboxylic acids is 1. The fraction of sp³-hybridized carbons (Fsp3) is 0.375. The lowest BCUT2D eigenvalue weighted by Crippen LogP contribution is -2.49. The molecule has 1 aromatic carbocycles. The van der Waals surface area contributed by atoms with Crippen LogP contribution >= 0.6 is 0 Å². The van der Waals surface area contributed by atoms with Crippen molar-refractivity contribution in [3.05, 3.63) is 53.7 Å². The van der Waals surface area contributed by atoms with Gasteiger partial charge in [0.15, 0.2) is 17.1 Å². The number of aryl methyl sites for hydroxylation is 2. The summed E-state index contributed by atoms with van der Waals surface area (Å²) in [6.07, 6.45) is 6.44. The van der Waals surface area contributed by atoms with E-state index < -0.39 is 11.5 Å². The molecule has 2 aliphatic heterocycles. The Morgan fingerprint density at radius 3 is 2.81 bits per heavy atom. The fourth-order valence-electron chi connectivity index (χ4n) is 4.41. The molecule has 4 aromatic rings. The number of nitrogens with two attached hydrogens (primary N) is 1. The van der Waals surface area contributed by atoms with Crippen LogP contribution in [-0.4, -0.2) is 67.7 Å². The average molecular weight is 491 g/mol. The first-order valence-electron chi connectivity index (χ1n) is 11.7. The van der Waals surface area contributed by atoms with Gasteiger partial charge in [0.25, 0.3) is 11.9 Å². The van der Waals surface area contributed by atoms with Gasteiger partial charge in [-0.15, -0.1) is 0 Å². The zero-order chi connectivity index (χ0) is 24.9. The summed E-state index contributed by atoms with van der Waals surface area (Å²) < 4.78 is 12.8. The molecule has 4 N–H and O–H groups in total. The molecule has 36 heavy (non-hydrogen) atoms. The van der Waals surface area contributed by atoms with E-state index in [9.17, 15) is 9.90 Å². The number of rotatable bonds is 8. The number of aliphatic hydroxyl groups is 1. The number of oxazole rings is 1. The third kappa shape index (κ3) is 4.25. The van der Waals surface area contributed by atoms with E-state index in [1.54, 1.807) is 30.3 Å². The number of hydrogen-bond donors (Lipinski definition) is 3. The van der Waals surface area contributed by atoms with Crippen LogP contribution < -0.4 is 16.0 Å². The Morgan fingerprint density at radius 2 is 2.11 bits per heavy atom. The standard InChI is InChI=1S/C24H26N8O4/c1-31-11-16(7-27-31)28-22-20(21(25)33)29-18(8-26-22)15-9-32(10-15)23-30-17-3-2-14(6-19(17)36-23)4-5-24(34)12-35-13-24/h2-3,6-8,11,15,34H,4-5,9-10,12-13H2,1H3,(H2,25,33)(H,26,28). The molecule has 0 bridgehead atoms. The SMILES string of the molecule is Cn1cc(Nc2ncc(C3CN(c4nc5ccc(CCC6(O)COC6)cc5o4)C3)nc2C(N)=O)cn1. The first kappa shape index (κ1) is 22.4. The maximum Gasteiger partial charge on any atom is 0.298 e. The van der Waals surface area contributed by atoms with Gasteiger partial charge in [-0.3, -0.25) is 9.48 Å². The van der Waals surface area contributed by atoms with Crippen LogP contribution in [0.1, 0.15) is 34.1 Å². The fourth-order valence-corrected chi connectivity index (χ4v) is 4.41. The van der Waals surface area contributed by atoms with E-state index in [2.05, 4.69) is 25.4 Å². The maximum atomic E-state index is 12.0. The molecule has 0 saturated carbocycles. The molecule has 186 valence electrons. The van der Waals surface area contributed by atoms with Crippen molar-refractivity contribution < 1.29 is 19.1 Å². The summed E-state index contributed by atoms with van der Waals surface area (Å²) >= 11 is 0. The Morgan fingerprint density at radius 1 is 1.28 bits per heavy atom. The molecule has 2 saturated heterocycles. The highest BCUT2D eigenvalue weighted by Crippen LogP contribution is 2.33. The molecule has 12 nitrogen and oxygen atoms in total. The summed E-state index contributed by atoms with van der Waals surface area (Å²) in [4.78, 5) is 27.6. The van der Waals surface area contributed by atoms with Crippen LogP contribution in [0, 0.1) is 0 Å². The Hall–Kier alpha value is -4.03. The monoisotopic (exact) mass is 490 g/mol. The van der Waals surface area contributed by atoms with Crippen molar-refractivity contribution in [2.24, 2.45) is 12.8 Å². The Kier molecular flexibility index (Phi) is 5.34. The number of nitrogens with one attached hydrogen (secondary N) is 1. The second-order valence-electron chi connectivity index (χ2n) is 9.50. The maximum absolute atomic E-state index is 12.0. The van der Waals surface area contributed by atoms with Crippen molar-refractivity contribution in [1.29, 1.82) is 0 Å². The van der Waals surface area contributed by atoms with Crippen molar-refractivity contribution in [1.82, 2.24) is 24.7 Å². The van der Waals surface area contributed by atoms with Crippen molar-refractivity contribution in [2.45, 2.75) is 24.4 Å². The van der Waals surface area contributed by atoms with Gasteiger partial charge in [0, 0.05) is 32.3 Å². The minimum Gasteiger partial charge on any atom is -0.423 e. The molecule has 0 radical (unpaired) electrons. The van der Waals surface area contributed by atoms with Crippen LogP contribution in [0.4, 0.5) is 17.5 Å². The third-order valence-corrected chi connectivity index (χ3v) is 6.62. The summed E-state index contributed by atoms with van der Waals surface area (Å²) in [6, 6.07) is 6.47. The van der Waals surface area contributed by atoms with E-state index >= 15 is 0 Å². The first-order valence-corrected chi connectivity index (χ1v) is 11.7.